The second-order valence-corrected chi connectivity index (χ2v) is 4.85. The first-order chi connectivity index (χ1) is 7.43. The van der Waals surface area contributed by atoms with Gasteiger partial charge in [0.25, 0.3) is 0 Å². The second kappa shape index (κ2) is 7.48. The van der Waals surface area contributed by atoms with Crippen LogP contribution < -0.4 is 0 Å². The van der Waals surface area contributed by atoms with Crippen LogP contribution in [0.15, 0.2) is 12.2 Å². The highest BCUT2D eigenvalue weighted by Gasteiger charge is 2.26. The lowest BCUT2D eigenvalue weighted by atomic mass is 9.87. The number of ether oxygens (including phenoxy) is 1. The molecule has 0 aliphatic carbocycles. The van der Waals surface area contributed by atoms with E-state index in [9.17, 15) is 4.79 Å². The Morgan fingerprint density at radius 3 is 2.19 bits per heavy atom. The maximum Gasteiger partial charge on any atom is 0.333 e. The van der Waals surface area contributed by atoms with Gasteiger partial charge in [0.15, 0.2) is 0 Å². The fourth-order valence-electron chi connectivity index (χ4n) is 1.97. The topological polar surface area (TPSA) is 26.3 Å². The molecule has 0 bridgehead atoms. The van der Waals surface area contributed by atoms with Gasteiger partial charge >= 0.3 is 5.97 Å². The lowest BCUT2D eigenvalue weighted by Crippen LogP contribution is -2.31. The van der Waals surface area contributed by atoms with Gasteiger partial charge in [0, 0.05) is 5.57 Å². The van der Waals surface area contributed by atoms with Crippen molar-refractivity contribution in [3.8, 4) is 0 Å². The highest BCUT2D eigenvalue weighted by atomic mass is 16.5. The van der Waals surface area contributed by atoms with E-state index in [1.807, 2.05) is 0 Å². The number of hydrogen-bond donors (Lipinski definition) is 0. The maximum atomic E-state index is 11.6. The summed E-state index contributed by atoms with van der Waals surface area (Å²) in [6.07, 6.45) is 3.32. The minimum absolute atomic E-state index is 0.0224. The number of carbonyl (C=O) groups excluding carboxylic acids is 1. The van der Waals surface area contributed by atoms with Crippen LogP contribution in [-0.4, -0.2) is 12.1 Å². The van der Waals surface area contributed by atoms with E-state index in [4.69, 9.17) is 4.74 Å². The monoisotopic (exact) mass is 226 g/mol. The lowest BCUT2D eigenvalue weighted by Gasteiger charge is -2.29. The van der Waals surface area contributed by atoms with Crippen LogP contribution in [0.5, 0.6) is 0 Å². The Morgan fingerprint density at radius 1 is 1.31 bits per heavy atom. The van der Waals surface area contributed by atoms with Gasteiger partial charge in [-0.2, -0.15) is 0 Å². The van der Waals surface area contributed by atoms with Crippen LogP contribution >= 0.6 is 0 Å². The number of rotatable bonds is 7. The van der Waals surface area contributed by atoms with Crippen molar-refractivity contribution in [2.75, 3.05) is 0 Å². The Balaban J connectivity index is 4.58. The first-order valence-corrected chi connectivity index (χ1v) is 6.30. The maximum absolute atomic E-state index is 11.6. The zero-order valence-corrected chi connectivity index (χ0v) is 11.4. The number of hydrogen-bond acceptors (Lipinski definition) is 2. The van der Waals surface area contributed by atoms with Crippen molar-refractivity contribution in [2.45, 2.75) is 60.0 Å². The van der Waals surface area contributed by atoms with Crippen molar-refractivity contribution in [1.29, 1.82) is 0 Å². The van der Waals surface area contributed by atoms with Gasteiger partial charge in [-0.25, -0.2) is 4.79 Å². The molecular formula is C14H26O2. The molecule has 0 saturated heterocycles. The molecule has 94 valence electrons. The van der Waals surface area contributed by atoms with E-state index in [1.165, 1.54) is 0 Å². The minimum atomic E-state index is -0.256. The number of esters is 1. The van der Waals surface area contributed by atoms with Gasteiger partial charge < -0.3 is 4.74 Å². The molecule has 2 heteroatoms. The largest absolute Gasteiger partial charge is 0.458 e. The van der Waals surface area contributed by atoms with Crippen molar-refractivity contribution in [3.05, 3.63) is 12.2 Å². The molecule has 0 radical (unpaired) electrons. The molecule has 0 aromatic rings. The SMILES string of the molecule is C=C(C)C(=O)OC(C(C)C)C(CC)CCC. The fraction of sp³-hybridized carbons (Fsp3) is 0.786. The molecule has 16 heavy (non-hydrogen) atoms. The van der Waals surface area contributed by atoms with Gasteiger partial charge in [0.1, 0.15) is 6.10 Å². The molecule has 2 atom stereocenters. The van der Waals surface area contributed by atoms with Crippen LogP contribution in [0, 0.1) is 11.8 Å². The van der Waals surface area contributed by atoms with E-state index >= 15 is 0 Å². The molecule has 0 heterocycles. The third-order valence-electron chi connectivity index (χ3n) is 2.90. The Morgan fingerprint density at radius 2 is 1.88 bits per heavy atom. The summed E-state index contributed by atoms with van der Waals surface area (Å²) in [5.74, 6) is 0.571. The molecule has 0 aliphatic heterocycles. The van der Waals surface area contributed by atoms with Gasteiger partial charge in [-0.05, 0) is 31.6 Å². The molecule has 0 saturated carbocycles. The van der Waals surface area contributed by atoms with Gasteiger partial charge in [0.05, 0.1) is 0 Å². The van der Waals surface area contributed by atoms with Crippen molar-refractivity contribution in [1.82, 2.24) is 0 Å². The van der Waals surface area contributed by atoms with Gasteiger partial charge in [0.2, 0.25) is 0 Å². The summed E-state index contributed by atoms with van der Waals surface area (Å²) in [7, 11) is 0. The first kappa shape index (κ1) is 15.2. The van der Waals surface area contributed by atoms with Crippen molar-refractivity contribution >= 4 is 5.97 Å². The quantitative estimate of drug-likeness (QED) is 0.485. The summed E-state index contributed by atoms with van der Waals surface area (Å²) in [5.41, 5.74) is 0.483. The van der Waals surface area contributed by atoms with Gasteiger partial charge in [-0.3, -0.25) is 0 Å². The Labute approximate surface area is 100 Å². The van der Waals surface area contributed by atoms with Crippen molar-refractivity contribution < 1.29 is 9.53 Å². The average Bonchev–Trinajstić information content (AvgIpc) is 2.22. The average molecular weight is 226 g/mol. The molecule has 0 N–H and O–H groups in total. The van der Waals surface area contributed by atoms with Crippen LogP contribution in [0.3, 0.4) is 0 Å². The third-order valence-corrected chi connectivity index (χ3v) is 2.90. The van der Waals surface area contributed by atoms with Crippen molar-refractivity contribution in [3.63, 3.8) is 0 Å². The molecule has 2 unspecified atom stereocenters. The first-order valence-electron chi connectivity index (χ1n) is 6.30. The standard InChI is InChI=1S/C14H26O2/c1-7-9-12(8-2)13(10(3)4)16-14(15)11(5)6/h10,12-13H,5,7-9H2,1-4,6H3. The summed E-state index contributed by atoms with van der Waals surface area (Å²) in [6, 6.07) is 0. The molecule has 0 aliphatic rings. The van der Waals surface area contributed by atoms with Crippen LogP contribution in [0.25, 0.3) is 0 Å². The molecule has 0 amide bonds. The van der Waals surface area contributed by atoms with E-state index in [0.29, 0.717) is 17.4 Å². The molecule has 0 fully saturated rings. The zero-order valence-electron chi connectivity index (χ0n) is 11.4. The summed E-state index contributed by atoms with van der Waals surface area (Å²) in [6.45, 7) is 13.9. The van der Waals surface area contributed by atoms with Crippen LogP contribution in [0.2, 0.25) is 0 Å². The summed E-state index contributed by atoms with van der Waals surface area (Å²) in [4.78, 5) is 11.6. The van der Waals surface area contributed by atoms with Gasteiger partial charge in [-0.15, -0.1) is 0 Å². The summed E-state index contributed by atoms with van der Waals surface area (Å²) < 4.78 is 5.54. The molecule has 0 aromatic carbocycles. The van der Waals surface area contributed by atoms with Crippen molar-refractivity contribution in [2.24, 2.45) is 11.8 Å². The molecule has 2 nitrogen and oxygen atoms in total. The van der Waals surface area contributed by atoms with Crippen LogP contribution in [0.4, 0.5) is 0 Å². The zero-order chi connectivity index (χ0) is 12.7. The van der Waals surface area contributed by atoms with E-state index in [2.05, 4.69) is 34.3 Å². The lowest BCUT2D eigenvalue weighted by molar-refractivity contribution is -0.150. The predicted octanol–water partition coefficient (Wildman–Crippen LogP) is 3.96. The van der Waals surface area contributed by atoms with Crippen LogP contribution in [-0.2, 0) is 9.53 Å². The predicted molar refractivity (Wildman–Crippen MR) is 68.2 cm³/mol. The summed E-state index contributed by atoms with van der Waals surface area (Å²) >= 11 is 0. The minimum Gasteiger partial charge on any atom is -0.458 e. The molecule has 0 aromatic heterocycles. The van der Waals surface area contributed by atoms with E-state index in [-0.39, 0.29) is 12.1 Å². The number of carbonyl (C=O) groups is 1. The van der Waals surface area contributed by atoms with E-state index in [1.54, 1.807) is 6.92 Å². The summed E-state index contributed by atoms with van der Waals surface area (Å²) in [5, 5.41) is 0. The molecule has 0 rings (SSSR count). The van der Waals surface area contributed by atoms with Gasteiger partial charge in [-0.1, -0.05) is 40.7 Å². The highest BCUT2D eigenvalue weighted by Crippen LogP contribution is 2.25. The second-order valence-electron chi connectivity index (χ2n) is 4.85. The normalized spacial score (nSPS) is 14.6. The van der Waals surface area contributed by atoms with E-state index < -0.39 is 0 Å². The smallest absolute Gasteiger partial charge is 0.333 e. The highest BCUT2D eigenvalue weighted by molar-refractivity contribution is 5.87. The molecule has 0 spiro atoms. The Bertz CT molecular complexity index is 231. The Kier molecular flexibility index (Phi) is 7.11. The Hall–Kier alpha value is -0.790. The third kappa shape index (κ3) is 4.82. The van der Waals surface area contributed by atoms with E-state index in [0.717, 1.165) is 19.3 Å². The molecular weight excluding hydrogens is 200 g/mol. The fourth-order valence-corrected chi connectivity index (χ4v) is 1.97. The van der Waals surface area contributed by atoms with Crippen LogP contribution in [0.1, 0.15) is 53.9 Å².